The number of nitrogens with one attached hydrogen (secondary N) is 3. The number of anilines is 1. The van der Waals surface area contributed by atoms with E-state index in [2.05, 4.69) is 26.1 Å². The van der Waals surface area contributed by atoms with E-state index in [1.807, 2.05) is 6.92 Å². The predicted molar refractivity (Wildman–Crippen MR) is 115 cm³/mol. The average Bonchev–Trinajstić information content (AvgIpc) is 3.18. The van der Waals surface area contributed by atoms with Gasteiger partial charge in [0.25, 0.3) is 17.7 Å². The molecule has 3 amide bonds. The van der Waals surface area contributed by atoms with Gasteiger partial charge in [-0.2, -0.15) is 0 Å². The van der Waals surface area contributed by atoms with Gasteiger partial charge >= 0.3 is 0 Å². The van der Waals surface area contributed by atoms with Crippen LogP contribution in [0.5, 0.6) is 5.75 Å². The molecule has 1 saturated heterocycles. The zero-order valence-corrected chi connectivity index (χ0v) is 18.2. The highest BCUT2D eigenvalue weighted by Crippen LogP contribution is 2.26. The fraction of sp³-hybridized carbons (Fsp3) is 0.400. The number of carbonyl (C=O) groups excluding carboxylic acids is 3. The van der Waals surface area contributed by atoms with Crippen molar-refractivity contribution in [1.82, 2.24) is 21.2 Å². The third kappa shape index (κ3) is 5.92. The molecule has 1 aliphatic heterocycles. The fourth-order valence-electron chi connectivity index (χ4n) is 2.90. The van der Waals surface area contributed by atoms with Gasteiger partial charge in [0.15, 0.2) is 5.13 Å². The average molecular weight is 448 g/mol. The van der Waals surface area contributed by atoms with Crippen LogP contribution in [0.4, 0.5) is 5.13 Å². The topological polar surface area (TPSA) is 122 Å². The number of amides is 3. The summed E-state index contributed by atoms with van der Waals surface area (Å²) in [4.78, 5) is 43.7. The quantitative estimate of drug-likeness (QED) is 0.539. The second-order valence-corrected chi connectivity index (χ2v) is 7.60. The van der Waals surface area contributed by atoms with Crippen molar-refractivity contribution in [2.24, 2.45) is 0 Å². The van der Waals surface area contributed by atoms with E-state index in [0.717, 1.165) is 18.2 Å². The molecule has 166 valence electrons. The number of rotatable bonds is 7. The van der Waals surface area contributed by atoms with Crippen LogP contribution >= 0.6 is 11.3 Å². The third-order valence-electron chi connectivity index (χ3n) is 4.43. The molecule has 0 radical (unpaired) electrons. The Kier molecular flexibility index (Phi) is 7.79. The minimum absolute atomic E-state index is 0.305. The van der Waals surface area contributed by atoms with Gasteiger partial charge in [-0.3, -0.25) is 25.2 Å². The van der Waals surface area contributed by atoms with E-state index in [1.54, 1.807) is 31.2 Å². The van der Waals surface area contributed by atoms with Crippen LogP contribution in [0.1, 0.15) is 32.6 Å². The fourth-order valence-corrected chi connectivity index (χ4v) is 3.92. The van der Waals surface area contributed by atoms with Crippen molar-refractivity contribution in [3.8, 4) is 5.75 Å². The molecule has 2 aromatic rings. The van der Waals surface area contributed by atoms with Crippen molar-refractivity contribution < 1.29 is 23.9 Å². The third-order valence-corrected chi connectivity index (χ3v) is 5.65. The number of ether oxygens (including phenoxy) is 2. The van der Waals surface area contributed by atoms with Gasteiger partial charge in [-0.1, -0.05) is 23.5 Å². The first kappa shape index (κ1) is 22.5. The van der Waals surface area contributed by atoms with E-state index in [0.29, 0.717) is 41.7 Å². The van der Waals surface area contributed by atoms with E-state index < -0.39 is 17.7 Å². The Bertz CT molecular complexity index is 942. The van der Waals surface area contributed by atoms with Crippen LogP contribution < -0.4 is 25.8 Å². The summed E-state index contributed by atoms with van der Waals surface area (Å²) in [7, 11) is 0. The maximum atomic E-state index is 12.4. The SMILES string of the molecule is CCOc1ccccc1C(=O)NCC(=O)NNC(=O)c1sc(N2CCOCC2)nc1C. The first-order valence-corrected chi connectivity index (χ1v) is 10.7. The molecule has 1 fully saturated rings. The molecule has 1 aliphatic rings. The molecule has 0 bridgehead atoms. The second-order valence-electron chi connectivity index (χ2n) is 6.62. The highest BCUT2D eigenvalue weighted by atomic mass is 32.1. The molecule has 0 unspecified atom stereocenters. The van der Waals surface area contributed by atoms with Gasteiger partial charge in [-0.05, 0) is 26.0 Å². The number of aromatic nitrogens is 1. The lowest BCUT2D eigenvalue weighted by atomic mass is 10.2. The summed E-state index contributed by atoms with van der Waals surface area (Å²) in [5, 5.41) is 3.26. The minimum atomic E-state index is -0.564. The monoisotopic (exact) mass is 447 g/mol. The number of para-hydroxylation sites is 1. The molecule has 0 spiro atoms. The van der Waals surface area contributed by atoms with Gasteiger partial charge in [0, 0.05) is 13.1 Å². The maximum Gasteiger partial charge on any atom is 0.281 e. The van der Waals surface area contributed by atoms with Crippen molar-refractivity contribution in [2.75, 3.05) is 44.4 Å². The van der Waals surface area contributed by atoms with Crippen molar-refractivity contribution >= 4 is 34.2 Å². The smallest absolute Gasteiger partial charge is 0.281 e. The van der Waals surface area contributed by atoms with Crippen LogP contribution in [0.25, 0.3) is 0 Å². The lowest BCUT2D eigenvalue weighted by Crippen LogP contribution is -2.46. The molecule has 1 aromatic carbocycles. The van der Waals surface area contributed by atoms with E-state index in [1.165, 1.54) is 11.3 Å². The summed E-state index contributed by atoms with van der Waals surface area (Å²) < 4.78 is 10.7. The van der Waals surface area contributed by atoms with Crippen LogP contribution in [0.15, 0.2) is 24.3 Å². The standard InChI is InChI=1S/C20H25N5O5S/c1-3-30-15-7-5-4-6-14(15)18(27)21-12-16(26)23-24-19(28)17-13(2)22-20(31-17)25-8-10-29-11-9-25/h4-7H,3,8-12H2,1-2H3,(H,21,27)(H,23,26)(H,24,28). The van der Waals surface area contributed by atoms with Crippen molar-refractivity contribution in [2.45, 2.75) is 13.8 Å². The molecular formula is C20H25N5O5S. The Morgan fingerprint density at radius 3 is 2.65 bits per heavy atom. The summed E-state index contributed by atoms with van der Waals surface area (Å²) in [6.45, 7) is 6.36. The zero-order valence-electron chi connectivity index (χ0n) is 17.4. The zero-order chi connectivity index (χ0) is 22.2. The Balaban J connectivity index is 1.49. The van der Waals surface area contributed by atoms with Gasteiger partial charge in [-0.25, -0.2) is 4.98 Å². The highest BCUT2D eigenvalue weighted by Gasteiger charge is 2.21. The van der Waals surface area contributed by atoms with Crippen molar-refractivity contribution in [3.63, 3.8) is 0 Å². The summed E-state index contributed by atoms with van der Waals surface area (Å²) in [5.41, 5.74) is 5.58. The molecule has 10 nitrogen and oxygen atoms in total. The molecule has 1 aromatic heterocycles. The Labute approximate surface area is 183 Å². The summed E-state index contributed by atoms with van der Waals surface area (Å²) in [6.07, 6.45) is 0. The number of carbonyl (C=O) groups is 3. The Morgan fingerprint density at radius 2 is 1.90 bits per heavy atom. The maximum absolute atomic E-state index is 12.4. The number of thiazole rings is 1. The molecule has 2 heterocycles. The number of benzene rings is 1. The van der Waals surface area contributed by atoms with Gasteiger partial charge < -0.3 is 19.7 Å². The molecule has 3 rings (SSSR count). The summed E-state index contributed by atoms with van der Waals surface area (Å²) in [5.74, 6) is -1.03. The highest BCUT2D eigenvalue weighted by molar-refractivity contribution is 7.17. The van der Waals surface area contributed by atoms with Gasteiger partial charge in [-0.15, -0.1) is 0 Å². The number of hydrazine groups is 1. The summed E-state index contributed by atoms with van der Waals surface area (Å²) >= 11 is 1.26. The predicted octanol–water partition coefficient (Wildman–Crippen LogP) is 0.878. The van der Waals surface area contributed by atoms with Gasteiger partial charge in [0.1, 0.15) is 10.6 Å². The van der Waals surface area contributed by atoms with E-state index in [4.69, 9.17) is 9.47 Å². The van der Waals surface area contributed by atoms with Crippen LogP contribution in [-0.4, -0.2) is 62.2 Å². The van der Waals surface area contributed by atoms with Crippen molar-refractivity contribution in [3.05, 3.63) is 40.4 Å². The minimum Gasteiger partial charge on any atom is -0.493 e. The van der Waals surface area contributed by atoms with Crippen LogP contribution in [0, 0.1) is 6.92 Å². The second kappa shape index (κ2) is 10.7. The van der Waals surface area contributed by atoms with Gasteiger partial charge in [0.2, 0.25) is 0 Å². The van der Waals surface area contributed by atoms with Crippen LogP contribution in [0.2, 0.25) is 0 Å². The molecule has 3 N–H and O–H groups in total. The molecule has 0 atom stereocenters. The van der Waals surface area contributed by atoms with Gasteiger partial charge in [0.05, 0.1) is 37.6 Å². The summed E-state index contributed by atoms with van der Waals surface area (Å²) in [6, 6.07) is 6.76. The Morgan fingerprint density at radius 1 is 1.16 bits per heavy atom. The Hall–Kier alpha value is -3.18. The number of morpholine rings is 1. The number of aryl methyl sites for hydroxylation is 1. The first-order chi connectivity index (χ1) is 15.0. The largest absolute Gasteiger partial charge is 0.493 e. The lowest BCUT2D eigenvalue weighted by Gasteiger charge is -2.25. The van der Waals surface area contributed by atoms with Crippen LogP contribution in [-0.2, 0) is 9.53 Å². The van der Waals surface area contributed by atoms with E-state index in [-0.39, 0.29) is 6.54 Å². The number of hydrogen-bond acceptors (Lipinski definition) is 8. The number of nitrogens with zero attached hydrogens (tertiary/aromatic N) is 2. The van der Waals surface area contributed by atoms with Crippen LogP contribution in [0.3, 0.4) is 0 Å². The van der Waals surface area contributed by atoms with E-state index in [9.17, 15) is 14.4 Å². The van der Waals surface area contributed by atoms with Crippen molar-refractivity contribution in [1.29, 1.82) is 0 Å². The molecule has 0 saturated carbocycles. The van der Waals surface area contributed by atoms with E-state index >= 15 is 0 Å². The molecule has 0 aliphatic carbocycles. The normalized spacial score (nSPS) is 13.4. The lowest BCUT2D eigenvalue weighted by molar-refractivity contribution is -0.120. The number of hydrogen-bond donors (Lipinski definition) is 3. The first-order valence-electron chi connectivity index (χ1n) is 9.89. The molecular weight excluding hydrogens is 422 g/mol. The molecule has 31 heavy (non-hydrogen) atoms. The molecule has 11 heteroatoms.